The number of para-hydroxylation sites is 4. The van der Waals surface area contributed by atoms with E-state index in [9.17, 15) is 4.79 Å². The summed E-state index contributed by atoms with van der Waals surface area (Å²) in [6.45, 7) is -2.78. The summed E-state index contributed by atoms with van der Waals surface area (Å²) in [4.78, 5) is 23.5. The standard InChI is InChI=1S/C51H33N7O.Pt/c1-35-53-43-32-47-48(58(49-29-13-14-30-52-49)51(59)57(47)38-21-9-4-10-22-38)33-46(43)56(35)40-24-15-23-39(31-40)54-34-55(45-28-12-11-27-44(45)54)50-41(36-17-5-2-6-18-36)25-16-26-42(50)37-19-7-3-8-20-37;/h2-30,32H,1H3;/q-2;/i1D3,2D,3D,5D,6D,7D,8D,17D,18D,19D,20D;. The third-order valence-electron chi connectivity index (χ3n) is 10.0. The quantitative estimate of drug-likeness (QED) is 0.118. The Morgan fingerprint density at radius 2 is 1.33 bits per heavy atom. The summed E-state index contributed by atoms with van der Waals surface area (Å²) in [5, 5.41) is 0. The largest absolute Gasteiger partial charge is 0.346 e. The maximum absolute atomic E-state index is 14.4. The van der Waals surface area contributed by atoms with Crippen LogP contribution in [0.25, 0.3) is 83.9 Å². The van der Waals surface area contributed by atoms with E-state index in [4.69, 9.17) is 17.8 Å². The number of hydrogen-bond acceptors (Lipinski definition) is 3. The molecule has 9 heteroatoms. The Morgan fingerprint density at radius 3 is 2.05 bits per heavy atom. The molecule has 0 fully saturated rings. The van der Waals surface area contributed by atoms with Crippen molar-refractivity contribution in [1.82, 2.24) is 28.2 Å². The van der Waals surface area contributed by atoms with Gasteiger partial charge in [0, 0.05) is 37.1 Å². The Bertz CT molecular complexity index is 3990. The van der Waals surface area contributed by atoms with Crippen LogP contribution in [0.4, 0.5) is 0 Å². The van der Waals surface area contributed by atoms with Crippen LogP contribution in [-0.2, 0) is 21.1 Å². The second kappa shape index (κ2) is 15.1. The number of fused-ring (bicyclic) bond motifs is 3. The van der Waals surface area contributed by atoms with Crippen LogP contribution in [0.2, 0.25) is 0 Å². The zero-order valence-electron chi connectivity index (χ0n) is 43.9. The molecule has 11 aromatic rings. The van der Waals surface area contributed by atoms with Gasteiger partial charge in [0.15, 0.2) is 0 Å². The maximum Gasteiger partial charge on any atom is 0.326 e. The molecule has 0 radical (unpaired) electrons. The van der Waals surface area contributed by atoms with Crippen molar-refractivity contribution in [2.24, 2.45) is 0 Å². The monoisotopic (exact) mass is 967 g/mol. The molecule has 0 saturated heterocycles. The van der Waals surface area contributed by atoms with Crippen molar-refractivity contribution in [2.75, 3.05) is 0 Å². The molecule has 0 saturated carbocycles. The van der Waals surface area contributed by atoms with Crippen molar-refractivity contribution < 1.29 is 43.5 Å². The minimum atomic E-state index is -2.78. The van der Waals surface area contributed by atoms with E-state index in [2.05, 4.69) is 28.4 Å². The smallest absolute Gasteiger partial charge is 0.326 e. The van der Waals surface area contributed by atoms with Gasteiger partial charge in [-0.1, -0.05) is 133 Å². The van der Waals surface area contributed by atoms with Crippen LogP contribution in [0.15, 0.2) is 187 Å². The normalized spacial score (nSPS) is 14.6. The average Bonchev–Trinajstić information content (AvgIpc) is 4.05. The zero-order chi connectivity index (χ0) is 50.7. The molecular formula is C51H33N7OPt-2. The fourth-order valence-electron chi connectivity index (χ4n) is 7.50. The first-order chi connectivity index (χ1) is 34.5. The number of pyridine rings is 1. The van der Waals surface area contributed by atoms with E-state index in [-0.39, 0.29) is 71.6 Å². The minimum Gasteiger partial charge on any atom is -0.346 e. The average molecular weight is 968 g/mol. The topological polar surface area (TPSA) is 66.5 Å². The van der Waals surface area contributed by atoms with Gasteiger partial charge in [0.2, 0.25) is 0 Å². The van der Waals surface area contributed by atoms with Crippen LogP contribution in [0.5, 0.6) is 0 Å². The minimum absolute atomic E-state index is 0. The van der Waals surface area contributed by atoms with E-state index in [0.717, 1.165) is 0 Å². The third-order valence-corrected chi connectivity index (χ3v) is 10.0. The number of hydrogen-bond donors (Lipinski definition) is 0. The molecule has 60 heavy (non-hydrogen) atoms. The molecule has 0 atom stereocenters. The Morgan fingerprint density at radius 1 is 0.650 bits per heavy atom. The Balaban J connectivity index is 0.00000611. The summed E-state index contributed by atoms with van der Waals surface area (Å²) in [5.41, 5.74) is 2.45. The third kappa shape index (κ3) is 6.03. The predicted molar refractivity (Wildman–Crippen MR) is 232 cm³/mol. The molecule has 290 valence electrons. The number of nitrogens with zero attached hydrogens (tertiary/aromatic N) is 7. The Labute approximate surface area is 378 Å². The molecule has 0 aliphatic heterocycles. The fourth-order valence-corrected chi connectivity index (χ4v) is 7.50. The zero-order valence-corrected chi connectivity index (χ0v) is 33.2. The van der Waals surface area contributed by atoms with Crippen LogP contribution in [0, 0.1) is 25.3 Å². The van der Waals surface area contributed by atoms with Crippen molar-refractivity contribution in [2.45, 2.75) is 6.85 Å². The van der Waals surface area contributed by atoms with E-state index < -0.39 is 73.0 Å². The predicted octanol–water partition coefficient (Wildman–Crippen LogP) is 9.78. The Hall–Kier alpha value is -7.41. The molecule has 0 N–H and O–H groups in total. The van der Waals surface area contributed by atoms with Crippen molar-refractivity contribution in [1.29, 1.82) is 0 Å². The van der Waals surface area contributed by atoms with Crippen LogP contribution < -0.4 is 10.3 Å². The number of benzene rings is 7. The summed E-state index contributed by atoms with van der Waals surface area (Å²) in [6.07, 6.45) is 4.89. The number of aryl methyl sites for hydroxylation is 1. The molecule has 4 aromatic heterocycles. The molecule has 8 nitrogen and oxygen atoms in total. The molecule has 0 bridgehead atoms. The van der Waals surface area contributed by atoms with Gasteiger partial charge in [0.05, 0.1) is 36.3 Å². The summed E-state index contributed by atoms with van der Waals surface area (Å²) in [6, 6.07) is 33.2. The molecule has 0 aliphatic rings. The SMILES string of the molecule is [2H]c1c([2H])c([2H])c(-c2cccc(-c3c([2H])c([2H])c([2H])c([2H])c3[2H])c2-[n+]2[c-]n(-c3[c-]c(-n4c(C([2H])([2H])[2H])nc5cc6c([c-]c54)n(-c4ccccn4)c(=O)n6-c4ccccc4)ccc3)c3ccccc32)c([2H])c1[2H].[Pt]. The van der Waals surface area contributed by atoms with Gasteiger partial charge in [-0.2, -0.15) is 18.2 Å². The number of aromatic nitrogens is 7. The van der Waals surface area contributed by atoms with Crippen molar-refractivity contribution >= 4 is 33.1 Å². The van der Waals surface area contributed by atoms with E-state index in [0.29, 0.717) is 39.3 Å². The fraction of sp³-hybridized carbons (Fsp3) is 0.0196. The molecule has 0 spiro atoms. The maximum atomic E-state index is 14.4. The van der Waals surface area contributed by atoms with Gasteiger partial charge in [-0.15, -0.1) is 18.2 Å². The van der Waals surface area contributed by atoms with Crippen LogP contribution >= 0.6 is 0 Å². The van der Waals surface area contributed by atoms with E-state index in [1.165, 1.54) is 36.5 Å². The summed E-state index contributed by atoms with van der Waals surface area (Å²) < 4.78 is 120. The van der Waals surface area contributed by atoms with Gasteiger partial charge >= 0.3 is 5.69 Å². The van der Waals surface area contributed by atoms with Crippen LogP contribution in [0.3, 0.4) is 0 Å². The van der Waals surface area contributed by atoms with E-state index >= 15 is 0 Å². The number of imidazole rings is 3. The first-order valence-corrected chi connectivity index (χ1v) is 18.3. The second-order valence-electron chi connectivity index (χ2n) is 13.4. The molecule has 0 amide bonds. The molecule has 7 aromatic carbocycles. The van der Waals surface area contributed by atoms with Crippen molar-refractivity contribution in [3.05, 3.63) is 217 Å². The molecular weight excluding hydrogens is 922 g/mol. The van der Waals surface area contributed by atoms with Gasteiger partial charge < -0.3 is 13.7 Å². The van der Waals surface area contributed by atoms with Gasteiger partial charge in [0.25, 0.3) is 6.33 Å². The molecule has 11 rings (SSSR count). The Kier molecular flexibility index (Phi) is 6.32. The van der Waals surface area contributed by atoms with Gasteiger partial charge in [-0.05, 0) is 81.1 Å². The van der Waals surface area contributed by atoms with E-state index in [1.807, 2.05) is 6.07 Å². The molecule has 4 heterocycles. The first-order valence-electron chi connectivity index (χ1n) is 24.8. The molecule has 0 aliphatic carbocycles. The van der Waals surface area contributed by atoms with Crippen LogP contribution in [0.1, 0.15) is 23.6 Å². The van der Waals surface area contributed by atoms with Gasteiger partial charge in [-0.3, -0.25) is 14.1 Å². The second-order valence-corrected chi connectivity index (χ2v) is 13.4. The van der Waals surface area contributed by atoms with Gasteiger partial charge in [0.1, 0.15) is 5.82 Å². The summed E-state index contributed by atoms with van der Waals surface area (Å²) in [5.74, 6) is -0.0142. The van der Waals surface area contributed by atoms with Crippen molar-refractivity contribution in [3.63, 3.8) is 0 Å². The van der Waals surface area contributed by atoms with Crippen molar-refractivity contribution in [3.8, 4) is 50.8 Å². The first kappa shape index (κ1) is 25.2. The summed E-state index contributed by atoms with van der Waals surface area (Å²) >= 11 is 0. The van der Waals surface area contributed by atoms with Gasteiger partial charge in [-0.25, -0.2) is 9.78 Å². The number of rotatable bonds is 7. The van der Waals surface area contributed by atoms with Crippen LogP contribution in [-0.4, -0.2) is 28.2 Å². The molecule has 0 unspecified atom stereocenters. The summed E-state index contributed by atoms with van der Waals surface area (Å²) in [7, 11) is 0. The van der Waals surface area contributed by atoms with E-state index in [1.54, 1.807) is 102 Å².